The number of thiol groups is 1. The second kappa shape index (κ2) is 8.25. The van der Waals surface area contributed by atoms with Crippen LogP contribution in [0, 0.1) is 0 Å². The lowest BCUT2D eigenvalue weighted by Gasteiger charge is -1.96. The molecule has 0 bridgehead atoms. The molecule has 0 aromatic rings. The van der Waals surface area contributed by atoms with Crippen LogP contribution in [0.3, 0.4) is 0 Å². The van der Waals surface area contributed by atoms with Gasteiger partial charge in [0, 0.05) is 12.5 Å². The lowest BCUT2D eigenvalue weighted by molar-refractivity contribution is -0.137. The summed E-state index contributed by atoms with van der Waals surface area (Å²) < 4.78 is 0. The molecule has 0 rings (SSSR count). The highest BCUT2D eigenvalue weighted by molar-refractivity contribution is 7.80. The maximum absolute atomic E-state index is 9.76. The lowest BCUT2D eigenvalue weighted by atomic mass is 10.4. The summed E-state index contributed by atoms with van der Waals surface area (Å²) in [6, 6.07) is -0.816. The fourth-order valence-electron chi connectivity index (χ4n) is 0.0781. The number of carboxylic acids is 1. The van der Waals surface area contributed by atoms with Gasteiger partial charge in [0.1, 0.15) is 6.04 Å². The van der Waals surface area contributed by atoms with Gasteiger partial charge in [-0.1, -0.05) is 0 Å². The Balaban J connectivity index is 0. The minimum Gasteiger partial charge on any atom is -0.480 e. The van der Waals surface area contributed by atoms with Crippen molar-refractivity contribution >= 4 is 25.3 Å². The van der Waals surface area contributed by atoms with E-state index in [0.717, 1.165) is 0 Å². The molecule has 5 nitrogen and oxygen atoms in total. The first kappa shape index (κ1) is 12.0. The molecule has 0 aromatic heterocycles. The molecule has 0 aliphatic rings. The van der Waals surface area contributed by atoms with E-state index in [1.165, 1.54) is 0 Å². The highest BCUT2D eigenvalue weighted by Crippen LogP contribution is 1.80. The summed E-state index contributed by atoms with van der Waals surface area (Å²) >= 11 is 3.65. The molecule has 0 fully saturated rings. The molecule has 1 atom stereocenters. The number of rotatable bonds is 2. The van der Waals surface area contributed by atoms with Gasteiger partial charge >= 0.3 is 5.97 Å². The molecule has 0 heterocycles. The zero-order chi connectivity index (χ0) is 8.57. The van der Waals surface area contributed by atoms with Crippen molar-refractivity contribution in [2.45, 2.75) is 6.04 Å². The van der Waals surface area contributed by atoms with Gasteiger partial charge in [-0.25, -0.2) is 0 Å². The third kappa shape index (κ3) is 10.3. The zero-order valence-corrected chi connectivity index (χ0v) is 6.16. The summed E-state index contributed by atoms with van der Waals surface area (Å²) in [6.45, 7) is 2.67. The minimum absolute atomic E-state index is 0.190. The number of carboxylic acid groups (broad SMARTS) is 1. The molecule has 0 spiro atoms. The number of nitrogens with zero attached hydrogens (tertiary/aromatic N) is 1. The van der Waals surface area contributed by atoms with Gasteiger partial charge in [0.15, 0.2) is 0 Å². The maximum atomic E-state index is 9.76. The maximum Gasteiger partial charge on any atom is 0.321 e. The van der Waals surface area contributed by atoms with E-state index in [2.05, 4.69) is 24.5 Å². The zero-order valence-electron chi connectivity index (χ0n) is 5.27. The van der Waals surface area contributed by atoms with Crippen LogP contribution in [0.4, 0.5) is 0 Å². The van der Waals surface area contributed by atoms with E-state index in [4.69, 9.17) is 16.0 Å². The molecule has 60 valence electrons. The number of hydrogen-bond donors (Lipinski definition) is 4. The summed E-state index contributed by atoms with van der Waals surface area (Å²) in [5, 5.41) is 17.3. The van der Waals surface area contributed by atoms with E-state index in [1.54, 1.807) is 0 Å². The molecule has 0 aliphatic heterocycles. The molecule has 0 saturated heterocycles. The Kier molecular flexibility index (Phi) is 9.88. The van der Waals surface area contributed by atoms with E-state index < -0.39 is 12.0 Å². The first-order chi connectivity index (χ1) is 4.59. The van der Waals surface area contributed by atoms with E-state index in [9.17, 15) is 4.79 Å². The molecule has 0 unspecified atom stereocenters. The Labute approximate surface area is 63.9 Å². The van der Waals surface area contributed by atoms with Gasteiger partial charge in [-0.15, -0.1) is 5.16 Å². The predicted molar refractivity (Wildman–Crippen MR) is 40.8 cm³/mol. The summed E-state index contributed by atoms with van der Waals surface area (Å²) in [4.78, 5) is 9.76. The van der Waals surface area contributed by atoms with E-state index in [1.807, 2.05) is 0 Å². The first-order valence-electron chi connectivity index (χ1n) is 2.29. The fraction of sp³-hybridized carbons (Fsp3) is 0.500. The molecule has 4 N–H and O–H groups in total. The Morgan fingerprint density at radius 2 is 2.20 bits per heavy atom. The van der Waals surface area contributed by atoms with E-state index >= 15 is 0 Å². The highest BCUT2D eigenvalue weighted by atomic mass is 32.1. The largest absolute Gasteiger partial charge is 0.480 e. The molecule has 0 saturated carbocycles. The van der Waals surface area contributed by atoms with Crippen molar-refractivity contribution in [3.05, 3.63) is 0 Å². The average molecular weight is 166 g/mol. The Bertz CT molecular complexity index is 109. The van der Waals surface area contributed by atoms with Gasteiger partial charge < -0.3 is 16.0 Å². The van der Waals surface area contributed by atoms with Crippen LogP contribution in [0.25, 0.3) is 0 Å². The van der Waals surface area contributed by atoms with Crippen molar-refractivity contribution in [1.29, 1.82) is 0 Å². The van der Waals surface area contributed by atoms with Gasteiger partial charge in [-0.2, -0.15) is 12.6 Å². The number of aliphatic carboxylic acids is 1. The third-order valence-corrected chi connectivity index (χ3v) is 0.907. The Hall–Kier alpha value is -0.750. The summed E-state index contributed by atoms with van der Waals surface area (Å²) in [5.74, 6) is -0.815. The SMILES string of the molecule is C=NO.N[C@@H](CS)C(=O)O. The third-order valence-electron chi connectivity index (χ3n) is 0.514. The highest BCUT2D eigenvalue weighted by Gasteiger charge is 2.06. The monoisotopic (exact) mass is 166 g/mol. The van der Waals surface area contributed by atoms with Crippen LogP contribution >= 0.6 is 12.6 Å². The molecule has 0 aromatic carbocycles. The van der Waals surface area contributed by atoms with Crippen molar-refractivity contribution in [1.82, 2.24) is 0 Å². The van der Waals surface area contributed by atoms with Gasteiger partial charge in [-0.3, -0.25) is 4.79 Å². The topological polar surface area (TPSA) is 95.9 Å². The molecule has 0 radical (unpaired) electrons. The average Bonchev–Trinajstić information content (AvgIpc) is 1.88. The van der Waals surface area contributed by atoms with Crippen LogP contribution in [0.5, 0.6) is 0 Å². The number of carbonyl (C=O) groups is 1. The molecule has 6 heteroatoms. The molecule has 10 heavy (non-hydrogen) atoms. The van der Waals surface area contributed by atoms with Crippen LogP contribution in [0.2, 0.25) is 0 Å². The smallest absolute Gasteiger partial charge is 0.321 e. The number of nitrogens with two attached hydrogens (primary N) is 1. The Morgan fingerprint density at radius 3 is 2.20 bits per heavy atom. The van der Waals surface area contributed by atoms with Crippen molar-refractivity contribution < 1.29 is 15.1 Å². The van der Waals surface area contributed by atoms with Crippen LogP contribution in [0.1, 0.15) is 0 Å². The first-order valence-corrected chi connectivity index (χ1v) is 2.92. The van der Waals surface area contributed by atoms with Crippen LogP contribution in [-0.2, 0) is 4.79 Å². The normalized spacial score (nSPS) is 10.6. The molecular formula is C4H10N2O3S. The van der Waals surface area contributed by atoms with Crippen molar-refractivity contribution in [2.24, 2.45) is 10.9 Å². The van der Waals surface area contributed by atoms with Gasteiger partial charge in [0.25, 0.3) is 0 Å². The van der Waals surface area contributed by atoms with Crippen LogP contribution < -0.4 is 5.73 Å². The lowest BCUT2D eigenvalue weighted by Crippen LogP contribution is -2.31. The van der Waals surface area contributed by atoms with Crippen molar-refractivity contribution in [3.63, 3.8) is 0 Å². The number of hydrogen-bond acceptors (Lipinski definition) is 5. The second-order valence-electron chi connectivity index (χ2n) is 1.27. The predicted octanol–water partition coefficient (Wildman–Crippen LogP) is -0.596. The fourth-order valence-corrected chi connectivity index (χ4v) is 0.234. The summed E-state index contributed by atoms with van der Waals surface area (Å²) in [6.07, 6.45) is 0. The standard InChI is InChI=1S/C3H7NO2S.CH3NO/c4-2(1-7)3(5)6;1-2-3/h2,7H,1,4H2,(H,5,6);3H,1H2/t2-;/m0./s1. The number of oxime groups is 1. The van der Waals surface area contributed by atoms with Crippen LogP contribution in [0.15, 0.2) is 5.16 Å². The molecule has 0 aliphatic carbocycles. The summed E-state index contributed by atoms with van der Waals surface area (Å²) in [7, 11) is 0. The minimum atomic E-state index is -1.00. The van der Waals surface area contributed by atoms with Crippen LogP contribution in [-0.4, -0.2) is 34.8 Å². The summed E-state index contributed by atoms with van der Waals surface area (Å²) in [5.41, 5.74) is 4.94. The van der Waals surface area contributed by atoms with E-state index in [0.29, 0.717) is 0 Å². The molecule has 0 amide bonds. The van der Waals surface area contributed by atoms with Gasteiger partial charge in [0.2, 0.25) is 0 Å². The van der Waals surface area contributed by atoms with Gasteiger partial charge in [0.05, 0.1) is 0 Å². The van der Waals surface area contributed by atoms with Crippen molar-refractivity contribution in [3.8, 4) is 0 Å². The quantitative estimate of drug-likeness (QED) is 0.191. The van der Waals surface area contributed by atoms with Crippen molar-refractivity contribution in [2.75, 3.05) is 5.75 Å². The van der Waals surface area contributed by atoms with E-state index in [-0.39, 0.29) is 5.75 Å². The second-order valence-corrected chi connectivity index (χ2v) is 1.63. The molecular weight excluding hydrogens is 156 g/mol. The Morgan fingerprint density at radius 1 is 1.90 bits per heavy atom. The van der Waals surface area contributed by atoms with Gasteiger partial charge in [-0.05, 0) is 0 Å².